The Labute approximate surface area is 159 Å². The third-order valence-corrected chi connectivity index (χ3v) is 4.81. The summed E-state index contributed by atoms with van der Waals surface area (Å²) in [5, 5.41) is 4.61. The van der Waals surface area contributed by atoms with Crippen molar-refractivity contribution in [2.45, 2.75) is 38.5 Å². The zero-order valence-electron chi connectivity index (χ0n) is 15.8. The van der Waals surface area contributed by atoms with Crippen LogP contribution in [0.1, 0.15) is 37.7 Å². The van der Waals surface area contributed by atoms with Crippen LogP contribution in [0.15, 0.2) is 30.3 Å². The predicted molar refractivity (Wildman–Crippen MR) is 100 cm³/mol. The van der Waals surface area contributed by atoms with E-state index >= 15 is 0 Å². The van der Waals surface area contributed by atoms with E-state index in [2.05, 4.69) is 10.6 Å². The second-order valence-corrected chi connectivity index (χ2v) is 6.88. The lowest BCUT2D eigenvalue weighted by Gasteiger charge is -2.35. The lowest BCUT2D eigenvalue weighted by Crippen LogP contribution is -2.44. The van der Waals surface area contributed by atoms with Crippen molar-refractivity contribution in [3.8, 4) is 0 Å². The number of imide groups is 1. The molecule has 1 saturated carbocycles. The molecule has 7 heteroatoms. The molecule has 7 nitrogen and oxygen atoms in total. The van der Waals surface area contributed by atoms with Gasteiger partial charge in [-0.05, 0) is 24.8 Å². The Morgan fingerprint density at radius 3 is 2.44 bits per heavy atom. The van der Waals surface area contributed by atoms with Crippen molar-refractivity contribution in [3.63, 3.8) is 0 Å². The van der Waals surface area contributed by atoms with Crippen LogP contribution < -0.4 is 10.6 Å². The van der Waals surface area contributed by atoms with Crippen molar-refractivity contribution in [1.82, 2.24) is 10.6 Å². The van der Waals surface area contributed by atoms with Gasteiger partial charge in [0, 0.05) is 13.7 Å². The van der Waals surface area contributed by atoms with E-state index in [9.17, 15) is 14.4 Å². The van der Waals surface area contributed by atoms with E-state index in [1.807, 2.05) is 30.3 Å². The average molecular weight is 376 g/mol. The molecule has 1 aliphatic carbocycles. The monoisotopic (exact) mass is 376 g/mol. The summed E-state index contributed by atoms with van der Waals surface area (Å²) in [4.78, 5) is 36.2. The lowest BCUT2D eigenvalue weighted by molar-refractivity contribution is -0.161. The Kier molecular flexibility index (Phi) is 8.26. The van der Waals surface area contributed by atoms with Gasteiger partial charge in [-0.1, -0.05) is 49.6 Å². The minimum atomic E-state index is -0.649. The van der Waals surface area contributed by atoms with Gasteiger partial charge >= 0.3 is 12.0 Å². The van der Waals surface area contributed by atoms with Gasteiger partial charge in [-0.3, -0.25) is 14.9 Å². The first-order chi connectivity index (χ1) is 13.1. The van der Waals surface area contributed by atoms with E-state index in [0.717, 1.165) is 37.7 Å². The maximum Gasteiger partial charge on any atom is 0.321 e. The van der Waals surface area contributed by atoms with Crippen LogP contribution in [-0.2, 0) is 25.5 Å². The van der Waals surface area contributed by atoms with Crippen molar-refractivity contribution in [1.29, 1.82) is 0 Å². The minimum Gasteiger partial charge on any atom is -0.455 e. The van der Waals surface area contributed by atoms with Gasteiger partial charge in [-0.15, -0.1) is 0 Å². The summed E-state index contributed by atoms with van der Waals surface area (Å²) in [6.07, 6.45) is 5.14. The largest absolute Gasteiger partial charge is 0.455 e. The second-order valence-electron chi connectivity index (χ2n) is 6.88. The molecular weight excluding hydrogens is 348 g/mol. The molecule has 27 heavy (non-hydrogen) atoms. The zero-order chi connectivity index (χ0) is 19.5. The van der Waals surface area contributed by atoms with Crippen LogP contribution in [0.2, 0.25) is 0 Å². The van der Waals surface area contributed by atoms with E-state index in [4.69, 9.17) is 9.47 Å². The smallest absolute Gasteiger partial charge is 0.321 e. The molecule has 0 bridgehead atoms. The van der Waals surface area contributed by atoms with Crippen LogP contribution >= 0.6 is 0 Å². The number of carbonyl (C=O) groups is 3. The Bertz CT molecular complexity index is 627. The molecule has 1 aromatic carbocycles. The average Bonchev–Trinajstić information content (AvgIpc) is 2.68. The minimum absolute atomic E-state index is 0.287. The number of esters is 1. The van der Waals surface area contributed by atoms with Crippen LogP contribution in [-0.4, -0.2) is 44.8 Å². The van der Waals surface area contributed by atoms with E-state index in [-0.39, 0.29) is 12.5 Å². The van der Waals surface area contributed by atoms with Gasteiger partial charge in [-0.2, -0.15) is 0 Å². The topological polar surface area (TPSA) is 93.7 Å². The summed E-state index contributed by atoms with van der Waals surface area (Å²) in [7, 11) is 1.51. The molecule has 0 atom stereocenters. The number of hydrogen-bond acceptors (Lipinski definition) is 5. The third kappa shape index (κ3) is 6.67. The quantitative estimate of drug-likeness (QED) is 0.536. The molecular formula is C20H28N2O5. The zero-order valence-corrected chi connectivity index (χ0v) is 15.8. The Balaban J connectivity index is 1.88. The van der Waals surface area contributed by atoms with Crippen molar-refractivity contribution in [3.05, 3.63) is 35.9 Å². The molecule has 0 radical (unpaired) electrons. The summed E-state index contributed by atoms with van der Waals surface area (Å²) in [5.74, 6) is -1.01. The van der Waals surface area contributed by atoms with Gasteiger partial charge in [-0.25, -0.2) is 4.79 Å². The Morgan fingerprint density at radius 2 is 1.78 bits per heavy atom. The van der Waals surface area contributed by atoms with Crippen molar-refractivity contribution in [2.75, 3.05) is 26.9 Å². The predicted octanol–water partition coefficient (Wildman–Crippen LogP) is 2.20. The molecule has 0 aliphatic heterocycles. The summed E-state index contributed by atoms with van der Waals surface area (Å²) in [6, 6.07) is 9.21. The molecule has 0 spiro atoms. The number of ether oxygens (including phenoxy) is 2. The summed E-state index contributed by atoms with van der Waals surface area (Å²) >= 11 is 0. The summed E-state index contributed by atoms with van der Waals surface area (Å²) in [6.45, 7) is 0.168. The van der Waals surface area contributed by atoms with Crippen LogP contribution in [0.5, 0.6) is 0 Å². The number of nitrogens with one attached hydrogen (secondary N) is 2. The van der Waals surface area contributed by atoms with Crippen molar-refractivity contribution < 1.29 is 23.9 Å². The van der Waals surface area contributed by atoms with Gasteiger partial charge in [0.05, 0.1) is 12.0 Å². The molecule has 0 unspecified atom stereocenters. The standard InChI is InChI=1S/C20H28N2O5/c1-26-13-12-21-19(25)22-17(23)15-27-18(24)20(10-6-3-7-11-20)14-16-8-4-2-5-9-16/h2,4-5,8-9H,3,6-7,10-15H2,1H3,(H2,21,22,23,25). The van der Waals surface area contributed by atoms with Gasteiger partial charge in [0.1, 0.15) is 0 Å². The van der Waals surface area contributed by atoms with Crippen molar-refractivity contribution in [2.24, 2.45) is 5.41 Å². The number of benzene rings is 1. The fraction of sp³-hybridized carbons (Fsp3) is 0.550. The molecule has 2 rings (SSSR count). The number of amides is 3. The molecule has 148 valence electrons. The van der Waals surface area contributed by atoms with E-state index < -0.39 is 24.0 Å². The van der Waals surface area contributed by atoms with Crippen LogP contribution in [0, 0.1) is 5.41 Å². The Hall–Kier alpha value is -2.41. The number of urea groups is 1. The first kappa shape index (κ1) is 20.9. The normalized spacial score (nSPS) is 15.6. The third-order valence-electron chi connectivity index (χ3n) is 4.81. The number of carbonyl (C=O) groups excluding carboxylic acids is 3. The fourth-order valence-electron chi connectivity index (χ4n) is 3.43. The molecule has 1 aliphatic rings. The maximum absolute atomic E-state index is 12.8. The van der Waals surface area contributed by atoms with Crippen molar-refractivity contribution >= 4 is 17.9 Å². The van der Waals surface area contributed by atoms with Gasteiger partial charge in [0.2, 0.25) is 0 Å². The highest BCUT2D eigenvalue weighted by Crippen LogP contribution is 2.40. The molecule has 0 aromatic heterocycles. The summed E-state index contributed by atoms with van der Waals surface area (Å²) in [5.41, 5.74) is 0.485. The summed E-state index contributed by atoms with van der Waals surface area (Å²) < 4.78 is 10.1. The lowest BCUT2D eigenvalue weighted by atomic mass is 9.70. The fourth-order valence-corrected chi connectivity index (χ4v) is 3.43. The molecule has 3 amide bonds. The SMILES string of the molecule is COCCNC(=O)NC(=O)COC(=O)C1(Cc2ccccc2)CCCCC1. The first-order valence-corrected chi connectivity index (χ1v) is 9.33. The van der Waals surface area contributed by atoms with Gasteiger partial charge in [0.15, 0.2) is 6.61 Å². The van der Waals surface area contributed by atoms with Crippen LogP contribution in [0.3, 0.4) is 0 Å². The highest BCUT2D eigenvalue weighted by Gasteiger charge is 2.41. The maximum atomic E-state index is 12.8. The van der Waals surface area contributed by atoms with E-state index in [0.29, 0.717) is 13.0 Å². The number of rotatable bonds is 8. The molecule has 1 aromatic rings. The van der Waals surface area contributed by atoms with Gasteiger partial charge in [0.25, 0.3) is 5.91 Å². The molecule has 2 N–H and O–H groups in total. The molecule has 1 fully saturated rings. The highest BCUT2D eigenvalue weighted by atomic mass is 16.5. The molecule has 0 saturated heterocycles. The van der Waals surface area contributed by atoms with Gasteiger partial charge < -0.3 is 14.8 Å². The second kappa shape index (κ2) is 10.7. The first-order valence-electron chi connectivity index (χ1n) is 9.33. The highest BCUT2D eigenvalue weighted by molar-refractivity contribution is 5.95. The van der Waals surface area contributed by atoms with E-state index in [1.165, 1.54) is 7.11 Å². The van der Waals surface area contributed by atoms with E-state index in [1.54, 1.807) is 0 Å². The Morgan fingerprint density at radius 1 is 1.07 bits per heavy atom. The van der Waals surface area contributed by atoms with Crippen LogP contribution in [0.25, 0.3) is 0 Å². The van der Waals surface area contributed by atoms with Crippen LogP contribution in [0.4, 0.5) is 4.79 Å². The molecule has 0 heterocycles. The number of hydrogen-bond donors (Lipinski definition) is 2. The number of methoxy groups -OCH3 is 1.